The molecule has 4 N–H and O–H groups in total. The summed E-state index contributed by atoms with van der Waals surface area (Å²) in [5.74, 6) is 0.590. The zero-order valence-electron chi connectivity index (χ0n) is 15.7. The van der Waals surface area contributed by atoms with Gasteiger partial charge in [-0.15, -0.1) is 0 Å². The maximum atomic E-state index is 9.90. The number of hydrogen-bond donors (Lipinski definition) is 3. The van der Waals surface area contributed by atoms with E-state index >= 15 is 0 Å². The fraction of sp³-hybridized carbons (Fsp3) is 0.632. The SMILES string of the molecule is CC(C)(C)OC=O.CC(C)CNCC(O)[C@@H](N)Cc1ccccc1. The molecule has 2 atom stereocenters. The highest BCUT2D eigenvalue weighted by molar-refractivity contribution is 5.37. The molecule has 0 aliphatic carbocycles. The third-order valence-electron chi connectivity index (χ3n) is 3.12. The van der Waals surface area contributed by atoms with E-state index in [1.165, 1.54) is 5.56 Å². The maximum absolute atomic E-state index is 9.90. The molecule has 1 rings (SSSR count). The third kappa shape index (κ3) is 13.0. The van der Waals surface area contributed by atoms with Gasteiger partial charge in [0.2, 0.25) is 0 Å². The first kappa shape index (κ1) is 22.6. The molecular weight excluding hydrogens is 304 g/mol. The van der Waals surface area contributed by atoms with Gasteiger partial charge in [-0.05, 0) is 45.2 Å². The van der Waals surface area contributed by atoms with Crippen LogP contribution >= 0.6 is 0 Å². The van der Waals surface area contributed by atoms with Crippen molar-refractivity contribution in [3.05, 3.63) is 35.9 Å². The molecule has 5 nitrogen and oxygen atoms in total. The van der Waals surface area contributed by atoms with Gasteiger partial charge >= 0.3 is 0 Å². The minimum Gasteiger partial charge on any atom is -0.462 e. The Morgan fingerprint density at radius 2 is 1.79 bits per heavy atom. The topological polar surface area (TPSA) is 84.6 Å². The summed E-state index contributed by atoms with van der Waals surface area (Å²) in [6.07, 6.45) is 0.222. The minimum absolute atomic E-state index is 0.211. The summed E-state index contributed by atoms with van der Waals surface area (Å²) in [4.78, 5) is 9.60. The molecule has 0 spiro atoms. The van der Waals surface area contributed by atoms with Crippen LogP contribution in [0.4, 0.5) is 0 Å². The second kappa shape index (κ2) is 12.0. The van der Waals surface area contributed by atoms with E-state index in [0.717, 1.165) is 6.54 Å². The zero-order valence-corrected chi connectivity index (χ0v) is 15.7. The van der Waals surface area contributed by atoms with E-state index in [4.69, 9.17) is 5.73 Å². The number of benzene rings is 1. The molecule has 1 aromatic rings. The standard InChI is InChI=1S/C14H24N2O.C5H10O2/c1-11(2)9-16-10-14(17)13(15)8-12-6-4-3-5-7-12;1-5(2,3)7-4-6/h3-7,11,13-14,16-17H,8-10,15H2,1-2H3;4H,1-3H3/t13-,14?;/m0./s1. The Balaban J connectivity index is 0.000000640. The van der Waals surface area contributed by atoms with Gasteiger partial charge in [-0.1, -0.05) is 44.2 Å². The fourth-order valence-electron chi connectivity index (χ4n) is 1.84. The van der Waals surface area contributed by atoms with Gasteiger partial charge < -0.3 is 20.9 Å². The van der Waals surface area contributed by atoms with Crippen molar-refractivity contribution in [1.29, 1.82) is 0 Å². The Morgan fingerprint density at radius 3 is 2.21 bits per heavy atom. The number of nitrogens with two attached hydrogens (primary N) is 1. The first-order valence-corrected chi connectivity index (χ1v) is 8.45. The van der Waals surface area contributed by atoms with Gasteiger partial charge in [0, 0.05) is 12.6 Å². The van der Waals surface area contributed by atoms with E-state index in [0.29, 0.717) is 25.4 Å². The summed E-state index contributed by atoms with van der Waals surface area (Å²) in [5.41, 5.74) is 6.83. The van der Waals surface area contributed by atoms with E-state index < -0.39 is 6.10 Å². The van der Waals surface area contributed by atoms with Crippen molar-refractivity contribution in [1.82, 2.24) is 5.32 Å². The molecule has 0 fully saturated rings. The van der Waals surface area contributed by atoms with Crippen molar-refractivity contribution in [2.24, 2.45) is 11.7 Å². The van der Waals surface area contributed by atoms with Crippen molar-refractivity contribution >= 4 is 6.47 Å². The Labute approximate surface area is 146 Å². The number of hydrogen-bond acceptors (Lipinski definition) is 5. The highest BCUT2D eigenvalue weighted by Gasteiger charge is 2.14. The number of nitrogens with one attached hydrogen (secondary N) is 1. The number of aliphatic hydroxyl groups is 1. The smallest absolute Gasteiger partial charge is 0.293 e. The molecule has 24 heavy (non-hydrogen) atoms. The first-order chi connectivity index (χ1) is 11.2. The first-order valence-electron chi connectivity index (χ1n) is 8.45. The van der Waals surface area contributed by atoms with E-state index in [1.54, 1.807) is 0 Å². The molecule has 0 radical (unpaired) electrons. The molecule has 0 aliphatic rings. The van der Waals surface area contributed by atoms with Gasteiger partial charge in [0.05, 0.1) is 6.10 Å². The van der Waals surface area contributed by atoms with Gasteiger partial charge in [-0.2, -0.15) is 0 Å². The van der Waals surface area contributed by atoms with Crippen molar-refractivity contribution in [2.75, 3.05) is 13.1 Å². The van der Waals surface area contributed by atoms with Gasteiger partial charge in [0.15, 0.2) is 0 Å². The molecule has 0 saturated heterocycles. The van der Waals surface area contributed by atoms with E-state index in [-0.39, 0.29) is 11.6 Å². The van der Waals surface area contributed by atoms with E-state index in [2.05, 4.69) is 23.9 Å². The van der Waals surface area contributed by atoms with Crippen LogP contribution in [0.1, 0.15) is 40.2 Å². The molecule has 0 aromatic heterocycles. The van der Waals surface area contributed by atoms with Gasteiger partial charge in [0.25, 0.3) is 6.47 Å². The second-order valence-corrected chi connectivity index (χ2v) is 7.30. The molecule has 1 aromatic carbocycles. The molecule has 0 bridgehead atoms. The highest BCUT2D eigenvalue weighted by Crippen LogP contribution is 2.04. The molecule has 0 amide bonds. The van der Waals surface area contributed by atoms with Crippen molar-refractivity contribution in [3.8, 4) is 0 Å². The summed E-state index contributed by atoms with van der Waals surface area (Å²) in [6, 6.07) is 9.83. The summed E-state index contributed by atoms with van der Waals surface area (Å²) in [6.45, 7) is 11.7. The molecular formula is C19H34N2O3. The van der Waals surface area contributed by atoms with Crippen LogP contribution in [0.2, 0.25) is 0 Å². The van der Waals surface area contributed by atoms with Crippen molar-refractivity contribution < 1.29 is 14.6 Å². The Morgan fingerprint density at radius 1 is 1.21 bits per heavy atom. The van der Waals surface area contributed by atoms with Crippen LogP contribution in [-0.4, -0.2) is 42.4 Å². The average Bonchev–Trinajstić information content (AvgIpc) is 2.47. The van der Waals surface area contributed by atoms with Crippen LogP contribution in [0.5, 0.6) is 0 Å². The predicted molar refractivity (Wildman–Crippen MR) is 98.7 cm³/mol. The lowest BCUT2D eigenvalue weighted by molar-refractivity contribution is -0.138. The summed E-state index contributed by atoms with van der Waals surface area (Å²) in [5, 5.41) is 13.1. The normalized spacial score (nSPS) is 13.7. The van der Waals surface area contributed by atoms with Crippen LogP contribution in [0, 0.1) is 5.92 Å². The monoisotopic (exact) mass is 338 g/mol. The van der Waals surface area contributed by atoms with Gasteiger partial charge in [0.1, 0.15) is 5.60 Å². The van der Waals surface area contributed by atoms with Crippen molar-refractivity contribution in [3.63, 3.8) is 0 Å². The van der Waals surface area contributed by atoms with Crippen molar-refractivity contribution in [2.45, 2.75) is 58.8 Å². The number of aliphatic hydroxyl groups excluding tert-OH is 1. The molecule has 5 heteroatoms. The Kier molecular flexibility index (Phi) is 11.3. The van der Waals surface area contributed by atoms with Crippen LogP contribution in [0.15, 0.2) is 30.3 Å². The zero-order chi connectivity index (χ0) is 18.6. The molecule has 0 aliphatic heterocycles. The number of carbonyl (C=O) groups excluding carboxylic acids is 1. The quantitative estimate of drug-likeness (QED) is 0.632. The molecule has 0 saturated carbocycles. The number of rotatable bonds is 8. The second-order valence-electron chi connectivity index (χ2n) is 7.30. The third-order valence-corrected chi connectivity index (χ3v) is 3.12. The van der Waals surface area contributed by atoms with Crippen LogP contribution < -0.4 is 11.1 Å². The van der Waals surface area contributed by atoms with E-state index in [1.807, 2.05) is 51.1 Å². The number of carbonyl (C=O) groups is 1. The Bertz CT molecular complexity index is 430. The summed E-state index contributed by atoms with van der Waals surface area (Å²) < 4.78 is 4.55. The lowest BCUT2D eigenvalue weighted by Crippen LogP contribution is -2.43. The predicted octanol–water partition coefficient (Wildman–Crippen LogP) is 2.12. The molecule has 138 valence electrons. The highest BCUT2D eigenvalue weighted by atomic mass is 16.5. The van der Waals surface area contributed by atoms with Crippen LogP contribution in [-0.2, 0) is 16.0 Å². The minimum atomic E-state index is -0.492. The van der Waals surface area contributed by atoms with Crippen LogP contribution in [0.3, 0.4) is 0 Å². The lowest BCUT2D eigenvalue weighted by atomic mass is 10.0. The van der Waals surface area contributed by atoms with Crippen LogP contribution in [0.25, 0.3) is 0 Å². The lowest BCUT2D eigenvalue weighted by Gasteiger charge is -2.20. The largest absolute Gasteiger partial charge is 0.462 e. The maximum Gasteiger partial charge on any atom is 0.293 e. The van der Waals surface area contributed by atoms with E-state index in [9.17, 15) is 9.90 Å². The van der Waals surface area contributed by atoms with Gasteiger partial charge in [-0.3, -0.25) is 4.79 Å². The molecule has 0 heterocycles. The Hall–Kier alpha value is -1.43. The molecule has 1 unspecified atom stereocenters. The number of ether oxygens (including phenoxy) is 1. The average molecular weight is 338 g/mol. The summed E-state index contributed by atoms with van der Waals surface area (Å²) >= 11 is 0. The van der Waals surface area contributed by atoms with Gasteiger partial charge in [-0.25, -0.2) is 0 Å². The summed E-state index contributed by atoms with van der Waals surface area (Å²) in [7, 11) is 0. The fourth-order valence-corrected chi connectivity index (χ4v) is 1.84.